The first-order valence-corrected chi connectivity index (χ1v) is 6.62. The Hall–Kier alpha value is -0.610. The van der Waals surface area contributed by atoms with E-state index in [0.717, 1.165) is 23.3 Å². The molecule has 2 unspecified atom stereocenters. The summed E-state index contributed by atoms with van der Waals surface area (Å²) in [7, 11) is 0. The molecule has 0 amide bonds. The first-order chi connectivity index (χ1) is 7.74. The SMILES string of the molecule is OC1CC2CCC(C1)N2c1cccc(Br)n1. The molecule has 2 aliphatic heterocycles. The maximum atomic E-state index is 9.75. The van der Waals surface area contributed by atoms with Gasteiger partial charge in [0.25, 0.3) is 0 Å². The molecule has 2 bridgehead atoms. The molecule has 86 valence electrons. The molecule has 4 heteroatoms. The van der Waals surface area contributed by atoms with Gasteiger partial charge in [-0.1, -0.05) is 6.07 Å². The van der Waals surface area contributed by atoms with E-state index in [1.165, 1.54) is 12.8 Å². The summed E-state index contributed by atoms with van der Waals surface area (Å²) in [5.41, 5.74) is 0. The molecular weight excluding hydrogens is 268 g/mol. The van der Waals surface area contributed by atoms with Crippen LogP contribution in [0.25, 0.3) is 0 Å². The van der Waals surface area contributed by atoms with E-state index < -0.39 is 0 Å². The number of halogens is 1. The average molecular weight is 283 g/mol. The largest absolute Gasteiger partial charge is 0.393 e. The van der Waals surface area contributed by atoms with Crippen LogP contribution in [-0.2, 0) is 0 Å². The first kappa shape index (κ1) is 10.5. The van der Waals surface area contributed by atoms with Crippen molar-refractivity contribution in [3.8, 4) is 0 Å². The van der Waals surface area contributed by atoms with Crippen LogP contribution in [0.4, 0.5) is 5.82 Å². The van der Waals surface area contributed by atoms with Gasteiger partial charge in [-0.25, -0.2) is 4.98 Å². The van der Waals surface area contributed by atoms with Gasteiger partial charge in [0, 0.05) is 12.1 Å². The van der Waals surface area contributed by atoms with Crippen molar-refractivity contribution in [1.29, 1.82) is 0 Å². The number of fused-ring (bicyclic) bond motifs is 2. The Morgan fingerprint density at radius 3 is 2.56 bits per heavy atom. The van der Waals surface area contributed by atoms with Gasteiger partial charge in [-0.15, -0.1) is 0 Å². The molecule has 2 atom stereocenters. The smallest absolute Gasteiger partial charge is 0.130 e. The molecule has 2 fully saturated rings. The van der Waals surface area contributed by atoms with Crippen LogP contribution in [0.1, 0.15) is 25.7 Å². The summed E-state index contributed by atoms with van der Waals surface area (Å²) in [4.78, 5) is 6.92. The van der Waals surface area contributed by atoms with Gasteiger partial charge < -0.3 is 10.0 Å². The number of aromatic nitrogens is 1. The molecule has 1 aromatic heterocycles. The molecule has 1 aromatic rings. The zero-order valence-electron chi connectivity index (χ0n) is 9.01. The summed E-state index contributed by atoms with van der Waals surface area (Å²) in [6.07, 6.45) is 4.06. The monoisotopic (exact) mass is 282 g/mol. The number of hydrogen-bond donors (Lipinski definition) is 1. The standard InChI is InChI=1S/C12H15BrN2O/c13-11-2-1-3-12(14-11)15-8-4-5-9(15)7-10(16)6-8/h1-3,8-10,16H,4-7H2. The van der Waals surface area contributed by atoms with Crippen LogP contribution in [0.5, 0.6) is 0 Å². The second kappa shape index (κ2) is 4.00. The third kappa shape index (κ3) is 1.74. The van der Waals surface area contributed by atoms with E-state index in [9.17, 15) is 5.11 Å². The number of aliphatic hydroxyl groups is 1. The lowest BCUT2D eigenvalue weighted by Gasteiger charge is -2.38. The Balaban J connectivity index is 1.91. The summed E-state index contributed by atoms with van der Waals surface area (Å²) in [6.45, 7) is 0. The number of pyridine rings is 1. The molecule has 0 spiro atoms. The van der Waals surface area contributed by atoms with Crippen molar-refractivity contribution in [2.24, 2.45) is 0 Å². The molecule has 0 aromatic carbocycles. The Morgan fingerprint density at radius 2 is 1.94 bits per heavy atom. The van der Waals surface area contributed by atoms with Crippen LogP contribution < -0.4 is 4.90 Å². The number of aliphatic hydroxyl groups excluding tert-OH is 1. The molecule has 3 nitrogen and oxygen atoms in total. The van der Waals surface area contributed by atoms with Crippen LogP contribution in [0.15, 0.2) is 22.8 Å². The molecule has 2 saturated heterocycles. The molecule has 16 heavy (non-hydrogen) atoms. The van der Waals surface area contributed by atoms with E-state index in [1.54, 1.807) is 0 Å². The van der Waals surface area contributed by atoms with Crippen LogP contribution in [0.3, 0.4) is 0 Å². The Bertz CT molecular complexity index is 384. The van der Waals surface area contributed by atoms with Crippen LogP contribution in [0, 0.1) is 0 Å². The molecular formula is C12H15BrN2O. The van der Waals surface area contributed by atoms with Crippen molar-refractivity contribution in [3.05, 3.63) is 22.8 Å². The average Bonchev–Trinajstić information content (AvgIpc) is 2.51. The predicted octanol–water partition coefficient (Wildman–Crippen LogP) is 2.34. The fraction of sp³-hybridized carbons (Fsp3) is 0.583. The second-order valence-electron chi connectivity index (χ2n) is 4.74. The van der Waals surface area contributed by atoms with E-state index in [1.807, 2.05) is 12.1 Å². The summed E-state index contributed by atoms with van der Waals surface area (Å²) in [6, 6.07) is 7.00. The van der Waals surface area contributed by atoms with Crippen LogP contribution in [0.2, 0.25) is 0 Å². The number of nitrogens with zero attached hydrogens (tertiary/aromatic N) is 2. The maximum Gasteiger partial charge on any atom is 0.130 e. The molecule has 1 N–H and O–H groups in total. The Morgan fingerprint density at radius 1 is 1.25 bits per heavy atom. The number of rotatable bonds is 1. The lowest BCUT2D eigenvalue weighted by molar-refractivity contribution is 0.126. The zero-order chi connectivity index (χ0) is 11.1. The summed E-state index contributed by atoms with van der Waals surface area (Å²) in [5.74, 6) is 1.05. The van der Waals surface area contributed by atoms with Gasteiger partial charge >= 0.3 is 0 Å². The van der Waals surface area contributed by atoms with Gasteiger partial charge in [0.15, 0.2) is 0 Å². The summed E-state index contributed by atoms with van der Waals surface area (Å²) < 4.78 is 0.885. The van der Waals surface area contributed by atoms with Gasteiger partial charge in [0.2, 0.25) is 0 Å². The third-order valence-electron chi connectivity index (χ3n) is 3.67. The van der Waals surface area contributed by atoms with Crippen molar-refractivity contribution in [2.45, 2.75) is 43.9 Å². The van der Waals surface area contributed by atoms with Gasteiger partial charge in [0.05, 0.1) is 6.10 Å². The Labute approximate surface area is 104 Å². The lowest BCUT2D eigenvalue weighted by Crippen LogP contribution is -2.45. The van der Waals surface area contributed by atoms with Gasteiger partial charge in [-0.05, 0) is 53.7 Å². The van der Waals surface area contributed by atoms with Crippen molar-refractivity contribution >= 4 is 21.7 Å². The minimum Gasteiger partial charge on any atom is -0.393 e. The van der Waals surface area contributed by atoms with E-state index in [4.69, 9.17) is 0 Å². The minimum absolute atomic E-state index is 0.110. The van der Waals surface area contributed by atoms with Crippen molar-refractivity contribution in [3.63, 3.8) is 0 Å². The third-order valence-corrected chi connectivity index (χ3v) is 4.11. The quantitative estimate of drug-likeness (QED) is 0.804. The highest BCUT2D eigenvalue weighted by Crippen LogP contribution is 2.38. The highest BCUT2D eigenvalue weighted by Gasteiger charge is 2.40. The van der Waals surface area contributed by atoms with E-state index in [0.29, 0.717) is 12.1 Å². The highest BCUT2D eigenvalue weighted by molar-refractivity contribution is 9.10. The number of anilines is 1. The van der Waals surface area contributed by atoms with E-state index >= 15 is 0 Å². The molecule has 0 radical (unpaired) electrons. The normalized spacial score (nSPS) is 33.1. The fourth-order valence-electron chi connectivity index (χ4n) is 3.06. The first-order valence-electron chi connectivity index (χ1n) is 5.83. The van der Waals surface area contributed by atoms with Crippen LogP contribution >= 0.6 is 15.9 Å². The van der Waals surface area contributed by atoms with Crippen molar-refractivity contribution < 1.29 is 5.11 Å². The number of piperidine rings is 1. The summed E-state index contributed by atoms with van der Waals surface area (Å²) in [5, 5.41) is 9.75. The molecule has 3 heterocycles. The summed E-state index contributed by atoms with van der Waals surface area (Å²) >= 11 is 3.41. The van der Waals surface area contributed by atoms with Gasteiger partial charge in [-0.2, -0.15) is 0 Å². The molecule has 0 saturated carbocycles. The molecule has 2 aliphatic rings. The fourth-order valence-corrected chi connectivity index (χ4v) is 3.40. The topological polar surface area (TPSA) is 36.4 Å². The van der Waals surface area contributed by atoms with E-state index in [-0.39, 0.29) is 6.10 Å². The zero-order valence-corrected chi connectivity index (χ0v) is 10.6. The lowest BCUT2D eigenvalue weighted by atomic mass is 10.00. The second-order valence-corrected chi connectivity index (χ2v) is 5.55. The van der Waals surface area contributed by atoms with Gasteiger partial charge in [0.1, 0.15) is 10.4 Å². The van der Waals surface area contributed by atoms with Gasteiger partial charge in [-0.3, -0.25) is 0 Å². The van der Waals surface area contributed by atoms with Crippen LogP contribution in [-0.4, -0.2) is 28.3 Å². The Kier molecular flexibility index (Phi) is 2.64. The number of hydrogen-bond acceptors (Lipinski definition) is 3. The van der Waals surface area contributed by atoms with Crippen molar-refractivity contribution in [2.75, 3.05) is 4.90 Å². The molecule has 0 aliphatic carbocycles. The molecule has 3 rings (SSSR count). The highest BCUT2D eigenvalue weighted by atomic mass is 79.9. The maximum absolute atomic E-state index is 9.75. The minimum atomic E-state index is -0.110. The van der Waals surface area contributed by atoms with E-state index in [2.05, 4.69) is 31.9 Å². The van der Waals surface area contributed by atoms with Crippen molar-refractivity contribution in [1.82, 2.24) is 4.98 Å². The predicted molar refractivity (Wildman–Crippen MR) is 66.5 cm³/mol.